The minimum Gasteiger partial charge on any atom is -0.444 e. The summed E-state index contributed by atoms with van der Waals surface area (Å²) in [5.41, 5.74) is -1.02. The second kappa shape index (κ2) is 9.24. The minimum absolute atomic E-state index is 0.128. The standard InChI is InChI=1S/C17H25ClN4O6S/c1-17(2,3)28-16(23)21-10-8-20(9-11-21)7-6-19-29(26,27)13-4-5-14(18)15(12-13)22(24)25/h4-5,12,19H,6-11H2,1-3H3. The number of hydrogen-bond acceptors (Lipinski definition) is 7. The van der Waals surface area contributed by atoms with Gasteiger partial charge in [0.15, 0.2) is 0 Å². The molecule has 0 unspecified atom stereocenters. The third-order valence-corrected chi connectivity index (χ3v) is 5.95. The molecule has 10 nitrogen and oxygen atoms in total. The summed E-state index contributed by atoms with van der Waals surface area (Å²) in [6.07, 6.45) is -0.359. The molecule has 1 aliphatic rings. The molecular formula is C17H25ClN4O6S. The molecule has 2 rings (SSSR count). The summed E-state index contributed by atoms with van der Waals surface area (Å²) in [5, 5.41) is 10.8. The molecule has 0 atom stereocenters. The predicted molar refractivity (Wildman–Crippen MR) is 108 cm³/mol. The normalized spacial score (nSPS) is 15.9. The number of sulfonamides is 1. The topological polar surface area (TPSA) is 122 Å². The molecule has 0 aliphatic carbocycles. The van der Waals surface area contributed by atoms with Gasteiger partial charge < -0.3 is 9.64 Å². The highest BCUT2D eigenvalue weighted by atomic mass is 35.5. The molecule has 0 radical (unpaired) electrons. The van der Waals surface area contributed by atoms with E-state index in [0.29, 0.717) is 32.7 Å². The first-order valence-electron chi connectivity index (χ1n) is 9.03. The van der Waals surface area contributed by atoms with Gasteiger partial charge >= 0.3 is 6.09 Å². The number of nitro groups is 1. The van der Waals surface area contributed by atoms with Crippen LogP contribution in [-0.2, 0) is 14.8 Å². The van der Waals surface area contributed by atoms with Crippen molar-refractivity contribution in [3.8, 4) is 0 Å². The third-order valence-electron chi connectivity index (χ3n) is 4.17. The number of benzene rings is 1. The monoisotopic (exact) mass is 448 g/mol. The van der Waals surface area contributed by atoms with Gasteiger partial charge in [0.05, 0.1) is 9.82 Å². The molecule has 1 aromatic rings. The van der Waals surface area contributed by atoms with E-state index < -0.39 is 26.2 Å². The van der Waals surface area contributed by atoms with E-state index >= 15 is 0 Å². The van der Waals surface area contributed by atoms with Crippen molar-refractivity contribution in [3.63, 3.8) is 0 Å². The Labute approximate surface area is 175 Å². The number of ether oxygens (including phenoxy) is 1. The van der Waals surface area contributed by atoms with Gasteiger partial charge in [-0.2, -0.15) is 0 Å². The lowest BCUT2D eigenvalue weighted by atomic mass is 10.2. The minimum atomic E-state index is -3.90. The quantitative estimate of drug-likeness (QED) is 0.522. The van der Waals surface area contributed by atoms with E-state index in [4.69, 9.17) is 16.3 Å². The van der Waals surface area contributed by atoms with Gasteiger partial charge in [0, 0.05) is 45.3 Å². The van der Waals surface area contributed by atoms with Crippen LogP contribution in [0.25, 0.3) is 0 Å². The molecule has 0 spiro atoms. The molecule has 162 valence electrons. The number of carbonyl (C=O) groups excluding carboxylic acids is 1. The molecule has 1 fully saturated rings. The Kier molecular flexibility index (Phi) is 7.44. The maximum atomic E-state index is 12.4. The van der Waals surface area contributed by atoms with Crippen LogP contribution >= 0.6 is 11.6 Å². The highest BCUT2D eigenvalue weighted by Crippen LogP contribution is 2.26. The SMILES string of the molecule is CC(C)(C)OC(=O)N1CCN(CCNS(=O)(=O)c2ccc(Cl)c([N+](=O)[O-])c2)CC1. The summed E-state index contributed by atoms with van der Waals surface area (Å²) in [4.78, 5) is 25.7. The van der Waals surface area contributed by atoms with Crippen LogP contribution in [-0.4, -0.2) is 74.1 Å². The molecule has 1 aliphatic heterocycles. The largest absolute Gasteiger partial charge is 0.444 e. The number of nitrogens with zero attached hydrogens (tertiary/aromatic N) is 3. The van der Waals surface area contributed by atoms with Crippen molar-refractivity contribution in [1.29, 1.82) is 0 Å². The lowest BCUT2D eigenvalue weighted by molar-refractivity contribution is -0.384. The van der Waals surface area contributed by atoms with Crippen molar-refractivity contribution in [3.05, 3.63) is 33.3 Å². The number of halogens is 1. The Bertz CT molecular complexity index is 863. The first kappa shape index (κ1) is 23.3. The summed E-state index contributed by atoms with van der Waals surface area (Å²) < 4.78 is 32.5. The highest BCUT2D eigenvalue weighted by Gasteiger charge is 2.26. The average Bonchev–Trinajstić information content (AvgIpc) is 2.60. The van der Waals surface area contributed by atoms with Gasteiger partial charge in [-0.05, 0) is 32.9 Å². The number of amides is 1. The molecule has 1 saturated heterocycles. The Balaban J connectivity index is 1.84. The average molecular weight is 449 g/mol. The zero-order chi connectivity index (χ0) is 21.8. The van der Waals surface area contributed by atoms with Gasteiger partial charge in [-0.3, -0.25) is 15.0 Å². The van der Waals surface area contributed by atoms with Crippen molar-refractivity contribution < 1.29 is 22.9 Å². The molecule has 1 N–H and O–H groups in total. The van der Waals surface area contributed by atoms with Crippen molar-refractivity contribution >= 4 is 33.4 Å². The molecule has 1 amide bonds. The number of nitro benzene ring substituents is 1. The second-order valence-corrected chi connectivity index (χ2v) is 9.75. The Morgan fingerprint density at radius 2 is 1.90 bits per heavy atom. The van der Waals surface area contributed by atoms with Crippen LogP contribution in [0.15, 0.2) is 23.1 Å². The summed E-state index contributed by atoms with van der Waals surface area (Å²) in [6, 6.07) is 3.34. The lowest BCUT2D eigenvalue weighted by Gasteiger charge is -2.35. The summed E-state index contributed by atoms with van der Waals surface area (Å²) in [7, 11) is -3.90. The summed E-state index contributed by atoms with van der Waals surface area (Å²) in [6.45, 7) is 8.16. The van der Waals surface area contributed by atoms with Crippen LogP contribution in [0.5, 0.6) is 0 Å². The second-order valence-electron chi connectivity index (χ2n) is 7.58. The molecule has 0 bridgehead atoms. The maximum absolute atomic E-state index is 12.4. The first-order valence-corrected chi connectivity index (χ1v) is 10.9. The zero-order valence-corrected chi connectivity index (χ0v) is 18.1. The van der Waals surface area contributed by atoms with Crippen LogP contribution in [0.4, 0.5) is 10.5 Å². The number of hydrogen-bond donors (Lipinski definition) is 1. The van der Waals surface area contributed by atoms with Crippen LogP contribution in [0, 0.1) is 10.1 Å². The number of piperazine rings is 1. The summed E-state index contributed by atoms with van der Waals surface area (Å²) >= 11 is 5.72. The number of carbonyl (C=O) groups is 1. The Hall–Kier alpha value is -1.95. The van der Waals surface area contributed by atoms with Gasteiger partial charge in [-0.15, -0.1) is 0 Å². The van der Waals surface area contributed by atoms with Gasteiger partial charge in [-0.25, -0.2) is 17.9 Å². The van der Waals surface area contributed by atoms with Crippen molar-refractivity contribution in [2.75, 3.05) is 39.3 Å². The third kappa shape index (κ3) is 6.81. The van der Waals surface area contributed by atoms with Crippen LogP contribution < -0.4 is 4.72 Å². The predicted octanol–water partition coefficient (Wildman–Crippen LogP) is 2.08. The Morgan fingerprint density at radius 3 is 2.45 bits per heavy atom. The first-order chi connectivity index (χ1) is 13.4. The van der Waals surface area contributed by atoms with E-state index in [1.165, 1.54) is 12.1 Å². The highest BCUT2D eigenvalue weighted by molar-refractivity contribution is 7.89. The molecule has 12 heteroatoms. The fraction of sp³-hybridized carbons (Fsp3) is 0.588. The van der Waals surface area contributed by atoms with E-state index in [1.807, 2.05) is 25.7 Å². The van der Waals surface area contributed by atoms with E-state index in [1.54, 1.807) is 4.90 Å². The molecule has 0 aromatic heterocycles. The van der Waals surface area contributed by atoms with Crippen molar-refractivity contribution in [1.82, 2.24) is 14.5 Å². The molecule has 29 heavy (non-hydrogen) atoms. The smallest absolute Gasteiger partial charge is 0.410 e. The van der Waals surface area contributed by atoms with Crippen LogP contribution in [0.1, 0.15) is 20.8 Å². The van der Waals surface area contributed by atoms with Gasteiger partial charge in [0.25, 0.3) is 5.69 Å². The molecule has 1 heterocycles. The van der Waals surface area contributed by atoms with E-state index in [2.05, 4.69) is 4.72 Å². The van der Waals surface area contributed by atoms with Gasteiger partial charge in [0.2, 0.25) is 10.0 Å². The van der Waals surface area contributed by atoms with Crippen molar-refractivity contribution in [2.45, 2.75) is 31.3 Å². The van der Waals surface area contributed by atoms with Gasteiger partial charge in [0.1, 0.15) is 10.6 Å². The fourth-order valence-corrected chi connectivity index (χ4v) is 3.93. The van der Waals surface area contributed by atoms with E-state index in [9.17, 15) is 23.3 Å². The molecule has 0 saturated carbocycles. The number of nitrogens with one attached hydrogen (secondary N) is 1. The van der Waals surface area contributed by atoms with Crippen molar-refractivity contribution in [2.24, 2.45) is 0 Å². The van der Waals surface area contributed by atoms with Crippen LogP contribution in [0.3, 0.4) is 0 Å². The zero-order valence-electron chi connectivity index (χ0n) is 16.6. The maximum Gasteiger partial charge on any atom is 0.410 e. The van der Waals surface area contributed by atoms with Gasteiger partial charge in [-0.1, -0.05) is 11.6 Å². The molecular weight excluding hydrogens is 424 g/mol. The van der Waals surface area contributed by atoms with E-state index in [0.717, 1.165) is 6.07 Å². The Morgan fingerprint density at radius 1 is 1.28 bits per heavy atom. The lowest BCUT2D eigenvalue weighted by Crippen LogP contribution is -2.51. The van der Waals surface area contributed by atoms with E-state index in [-0.39, 0.29) is 22.6 Å². The number of rotatable bonds is 6. The summed E-state index contributed by atoms with van der Waals surface area (Å²) in [5.74, 6) is 0. The molecule has 1 aromatic carbocycles. The van der Waals surface area contributed by atoms with Crippen LogP contribution in [0.2, 0.25) is 5.02 Å². The fourth-order valence-electron chi connectivity index (χ4n) is 2.70.